The second-order valence-corrected chi connectivity index (χ2v) is 4.19. The van der Waals surface area contributed by atoms with Crippen molar-refractivity contribution in [3.63, 3.8) is 0 Å². The molecule has 0 atom stereocenters. The lowest BCUT2D eigenvalue weighted by molar-refractivity contribution is 0.405. The van der Waals surface area contributed by atoms with Gasteiger partial charge in [0.1, 0.15) is 29.5 Å². The number of aromatic nitrogens is 4. The number of anilines is 1. The molecule has 3 aromatic heterocycles. The molecule has 0 bridgehead atoms. The van der Waals surface area contributed by atoms with Crippen LogP contribution in [0.5, 0.6) is 17.4 Å². The summed E-state index contributed by atoms with van der Waals surface area (Å²) in [7, 11) is 1.59. The van der Waals surface area contributed by atoms with E-state index in [-0.39, 0.29) is 0 Å². The first-order chi connectivity index (χ1) is 10.2. The van der Waals surface area contributed by atoms with E-state index in [0.717, 1.165) is 0 Å². The molecule has 0 unspecified atom stereocenters. The standard InChI is InChI=1S/C14H13N5O2/c1-20-10-4-5-16-14(6-10)21-11-2-3-13(17-7-11)19-8-12(15)18-9-19/h2-9H,15H2,1H3. The fraction of sp³-hybridized carbons (Fsp3) is 0.0714. The van der Waals surface area contributed by atoms with Gasteiger partial charge >= 0.3 is 0 Å². The maximum Gasteiger partial charge on any atom is 0.222 e. The second-order valence-electron chi connectivity index (χ2n) is 4.19. The highest BCUT2D eigenvalue weighted by molar-refractivity contribution is 5.35. The van der Waals surface area contributed by atoms with Crippen LogP contribution in [0.4, 0.5) is 5.82 Å². The average molecular weight is 283 g/mol. The summed E-state index contributed by atoms with van der Waals surface area (Å²) in [5, 5.41) is 0. The number of pyridine rings is 2. The van der Waals surface area contributed by atoms with Crippen LogP contribution in [-0.2, 0) is 0 Å². The monoisotopic (exact) mass is 283 g/mol. The van der Waals surface area contributed by atoms with Crippen molar-refractivity contribution >= 4 is 5.82 Å². The topological polar surface area (TPSA) is 88.1 Å². The molecule has 0 saturated heterocycles. The summed E-state index contributed by atoms with van der Waals surface area (Å²) in [5.74, 6) is 2.84. The Hall–Kier alpha value is -3.09. The highest BCUT2D eigenvalue weighted by Crippen LogP contribution is 2.22. The minimum Gasteiger partial charge on any atom is -0.497 e. The Labute approximate surface area is 121 Å². The maximum atomic E-state index is 5.61. The van der Waals surface area contributed by atoms with E-state index in [1.165, 1.54) is 0 Å². The number of nitrogens with zero attached hydrogens (tertiary/aromatic N) is 4. The van der Waals surface area contributed by atoms with Gasteiger partial charge in [-0.3, -0.25) is 4.57 Å². The molecule has 3 heterocycles. The first-order valence-electron chi connectivity index (χ1n) is 6.18. The van der Waals surface area contributed by atoms with Gasteiger partial charge in [-0.05, 0) is 18.2 Å². The van der Waals surface area contributed by atoms with E-state index in [4.69, 9.17) is 15.2 Å². The van der Waals surface area contributed by atoms with Crippen LogP contribution in [0.1, 0.15) is 0 Å². The number of methoxy groups -OCH3 is 1. The molecule has 106 valence electrons. The molecule has 3 rings (SSSR count). The molecule has 0 aliphatic carbocycles. The maximum absolute atomic E-state index is 5.61. The smallest absolute Gasteiger partial charge is 0.222 e. The van der Waals surface area contributed by atoms with Crippen molar-refractivity contribution < 1.29 is 9.47 Å². The molecular weight excluding hydrogens is 270 g/mol. The zero-order valence-corrected chi connectivity index (χ0v) is 11.3. The minimum absolute atomic E-state index is 0.441. The summed E-state index contributed by atoms with van der Waals surface area (Å²) in [6.07, 6.45) is 6.51. The van der Waals surface area contributed by atoms with E-state index >= 15 is 0 Å². The van der Waals surface area contributed by atoms with Crippen LogP contribution in [0.15, 0.2) is 49.2 Å². The van der Waals surface area contributed by atoms with Crippen LogP contribution in [0.25, 0.3) is 5.82 Å². The first kappa shape index (κ1) is 12.9. The van der Waals surface area contributed by atoms with Crippen LogP contribution in [0.3, 0.4) is 0 Å². The largest absolute Gasteiger partial charge is 0.497 e. The fourth-order valence-corrected chi connectivity index (χ4v) is 1.74. The van der Waals surface area contributed by atoms with E-state index in [0.29, 0.717) is 29.0 Å². The Kier molecular flexibility index (Phi) is 3.38. The molecule has 0 saturated carbocycles. The third-order valence-corrected chi connectivity index (χ3v) is 2.75. The Morgan fingerprint density at radius 3 is 2.67 bits per heavy atom. The van der Waals surface area contributed by atoms with Crippen LogP contribution in [0.2, 0.25) is 0 Å². The minimum atomic E-state index is 0.441. The summed E-state index contributed by atoms with van der Waals surface area (Å²) >= 11 is 0. The van der Waals surface area contributed by atoms with Crippen molar-refractivity contribution in [3.05, 3.63) is 49.2 Å². The second kappa shape index (κ2) is 5.49. The molecule has 0 aliphatic heterocycles. The van der Waals surface area contributed by atoms with Gasteiger partial charge in [-0.25, -0.2) is 15.0 Å². The molecule has 0 spiro atoms. The zero-order valence-electron chi connectivity index (χ0n) is 11.3. The lowest BCUT2D eigenvalue weighted by Gasteiger charge is -2.06. The molecule has 0 amide bonds. The Balaban J connectivity index is 1.77. The van der Waals surface area contributed by atoms with Gasteiger partial charge in [-0.2, -0.15) is 0 Å². The summed E-state index contributed by atoms with van der Waals surface area (Å²) < 4.78 is 12.5. The van der Waals surface area contributed by atoms with Crippen molar-refractivity contribution in [1.82, 2.24) is 19.5 Å². The normalized spacial score (nSPS) is 10.3. The summed E-state index contributed by atoms with van der Waals surface area (Å²) in [6.45, 7) is 0. The molecule has 0 aromatic carbocycles. The lowest BCUT2D eigenvalue weighted by Crippen LogP contribution is -1.95. The van der Waals surface area contributed by atoms with Crippen molar-refractivity contribution in [2.45, 2.75) is 0 Å². The SMILES string of the molecule is COc1ccnc(Oc2ccc(-n3cnc(N)c3)nc2)c1. The summed E-state index contributed by atoms with van der Waals surface area (Å²) in [6, 6.07) is 7.04. The molecule has 0 fully saturated rings. The molecule has 2 N–H and O–H groups in total. The van der Waals surface area contributed by atoms with Crippen LogP contribution in [-0.4, -0.2) is 26.6 Å². The lowest BCUT2D eigenvalue weighted by atomic mass is 10.4. The molecule has 0 radical (unpaired) electrons. The number of rotatable bonds is 4. The number of nitrogen functional groups attached to an aromatic ring is 1. The summed E-state index contributed by atoms with van der Waals surface area (Å²) in [5.41, 5.74) is 5.57. The quantitative estimate of drug-likeness (QED) is 0.788. The van der Waals surface area contributed by atoms with Gasteiger partial charge in [-0.1, -0.05) is 0 Å². The van der Waals surface area contributed by atoms with Gasteiger partial charge in [0.05, 0.1) is 19.5 Å². The molecular formula is C14H13N5O2. The number of imidazole rings is 1. The predicted octanol–water partition coefficient (Wildman–Crippen LogP) is 2.05. The van der Waals surface area contributed by atoms with E-state index < -0.39 is 0 Å². The number of ether oxygens (including phenoxy) is 2. The van der Waals surface area contributed by atoms with Crippen LogP contribution in [0, 0.1) is 0 Å². The van der Waals surface area contributed by atoms with Crippen molar-refractivity contribution in [3.8, 4) is 23.2 Å². The highest BCUT2D eigenvalue weighted by Gasteiger charge is 2.03. The van der Waals surface area contributed by atoms with E-state index in [1.807, 2.05) is 0 Å². The third kappa shape index (κ3) is 2.92. The van der Waals surface area contributed by atoms with Gasteiger partial charge in [-0.15, -0.1) is 0 Å². The molecule has 7 nitrogen and oxygen atoms in total. The average Bonchev–Trinajstić information content (AvgIpc) is 2.95. The predicted molar refractivity (Wildman–Crippen MR) is 76.6 cm³/mol. The molecule has 3 aromatic rings. The Bertz CT molecular complexity index is 739. The Morgan fingerprint density at radius 2 is 2.00 bits per heavy atom. The number of nitrogens with two attached hydrogens (primary N) is 1. The molecule has 7 heteroatoms. The van der Waals surface area contributed by atoms with E-state index in [1.54, 1.807) is 60.9 Å². The van der Waals surface area contributed by atoms with Gasteiger partial charge < -0.3 is 15.2 Å². The van der Waals surface area contributed by atoms with Gasteiger partial charge in [0, 0.05) is 12.3 Å². The first-order valence-corrected chi connectivity index (χ1v) is 6.18. The van der Waals surface area contributed by atoms with Crippen LogP contribution >= 0.6 is 0 Å². The van der Waals surface area contributed by atoms with Crippen molar-refractivity contribution in [2.75, 3.05) is 12.8 Å². The fourth-order valence-electron chi connectivity index (χ4n) is 1.74. The van der Waals surface area contributed by atoms with Gasteiger partial charge in [0.15, 0.2) is 0 Å². The zero-order chi connectivity index (χ0) is 14.7. The summed E-state index contributed by atoms with van der Waals surface area (Å²) in [4.78, 5) is 12.3. The number of hydrogen-bond donors (Lipinski definition) is 1. The van der Waals surface area contributed by atoms with Crippen molar-refractivity contribution in [2.24, 2.45) is 0 Å². The Morgan fingerprint density at radius 1 is 1.10 bits per heavy atom. The van der Waals surface area contributed by atoms with Gasteiger partial charge in [0.2, 0.25) is 5.88 Å². The van der Waals surface area contributed by atoms with Gasteiger partial charge in [0.25, 0.3) is 0 Å². The van der Waals surface area contributed by atoms with Crippen molar-refractivity contribution in [1.29, 1.82) is 0 Å². The number of hydrogen-bond acceptors (Lipinski definition) is 6. The highest BCUT2D eigenvalue weighted by atomic mass is 16.5. The van der Waals surface area contributed by atoms with E-state index in [9.17, 15) is 0 Å². The molecule has 21 heavy (non-hydrogen) atoms. The van der Waals surface area contributed by atoms with E-state index in [2.05, 4.69) is 15.0 Å². The van der Waals surface area contributed by atoms with Crippen LogP contribution < -0.4 is 15.2 Å². The third-order valence-electron chi connectivity index (χ3n) is 2.75. The molecule has 0 aliphatic rings.